The van der Waals surface area contributed by atoms with Crippen molar-refractivity contribution in [2.24, 2.45) is 0 Å². The molecule has 0 radical (unpaired) electrons. The third-order valence-electron chi connectivity index (χ3n) is 6.70. The largest absolute Gasteiger partial charge is 0.497 e. The smallest absolute Gasteiger partial charge is 0.254 e. The van der Waals surface area contributed by atoms with Gasteiger partial charge < -0.3 is 19.1 Å². The van der Waals surface area contributed by atoms with E-state index in [1.165, 1.54) is 5.56 Å². The van der Waals surface area contributed by atoms with Crippen molar-refractivity contribution in [1.82, 2.24) is 4.90 Å². The van der Waals surface area contributed by atoms with Gasteiger partial charge in [0, 0.05) is 23.6 Å². The number of fused-ring (bicyclic) bond motifs is 2. The summed E-state index contributed by atoms with van der Waals surface area (Å²) in [5, 5.41) is 0.548. The summed E-state index contributed by atoms with van der Waals surface area (Å²) in [5.41, 5.74) is 3.47. The zero-order valence-electron chi connectivity index (χ0n) is 18.9. The standard InChI is InChI=1S/C27H26ClNO4/c1-17-13-18-11-12-29(26(30)19-5-4-6-20(28)14-19)27(23(18)15-24(17)32-3)16-25(27)33-22-9-7-21(31-2)8-10-22/h4-10,13-15,25H,11-12,16H2,1-3H3. The molecule has 1 heterocycles. The number of rotatable bonds is 5. The number of ether oxygens (including phenoxy) is 3. The van der Waals surface area contributed by atoms with Gasteiger partial charge in [-0.25, -0.2) is 0 Å². The number of methoxy groups -OCH3 is 2. The van der Waals surface area contributed by atoms with Gasteiger partial charge in [0.05, 0.1) is 14.2 Å². The normalized spacial score (nSPS) is 20.8. The molecular weight excluding hydrogens is 438 g/mol. The summed E-state index contributed by atoms with van der Waals surface area (Å²) < 4.78 is 17.3. The van der Waals surface area contributed by atoms with Crippen LogP contribution in [0.25, 0.3) is 0 Å². The van der Waals surface area contributed by atoms with E-state index in [9.17, 15) is 4.79 Å². The molecule has 2 aliphatic rings. The van der Waals surface area contributed by atoms with Crippen LogP contribution < -0.4 is 14.2 Å². The minimum Gasteiger partial charge on any atom is -0.497 e. The van der Waals surface area contributed by atoms with Gasteiger partial charge in [-0.3, -0.25) is 4.79 Å². The van der Waals surface area contributed by atoms with E-state index in [2.05, 4.69) is 12.1 Å². The van der Waals surface area contributed by atoms with Crippen LogP contribution in [0.3, 0.4) is 0 Å². The van der Waals surface area contributed by atoms with E-state index in [-0.39, 0.29) is 12.0 Å². The molecule has 170 valence electrons. The number of nitrogens with zero attached hydrogens (tertiary/aromatic N) is 1. The Morgan fingerprint density at radius 1 is 1.03 bits per heavy atom. The molecule has 1 saturated carbocycles. The van der Waals surface area contributed by atoms with Crippen LogP contribution in [0.2, 0.25) is 5.02 Å². The second kappa shape index (κ2) is 8.31. The van der Waals surface area contributed by atoms with Gasteiger partial charge in [-0.05, 0) is 78.6 Å². The average Bonchev–Trinajstić information content (AvgIpc) is 3.52. The molecule has 1 spiro atoms. The third kappa shape index (κ3) is 3.70. The lowest BCUT2D eigenvalue weighted by molar-refractivity contribution is 0.0556. The van der Waals surface area contributed by atoms with E-state index in [1.54, 1.807) is 26.4 Å². The molecule has 6 heteroatoms. The highest BCUT2D eigenvalue weighted by Crippen LogP contribution is 2.57. The predicted molar refractivity (Wildman–Crippen MR) is 128 cm³/mol. The number of hydrogen-bond donors (Lipinski definition) is 0. The zero-order valence-corrected chi connectivity index (χ0v) is 19.7. The molecular formula is C27H26ClNO4. The van der Waals surface area contributed by atoms with Crippen molar-refractivity contribution in [3.05, 3.63) is 87.9 Å². The van der Waals surface area contributed by atoms with E-state index in [0.717, 1.165) is 34.8 Å². The molecule has 1 amide bonds. The summed E-state index contributed by atoms with van der Waals surface area (Å²) >= 11 is 6.19. The molecule has 2 atom stereocenters. The molecule has 5 nitrogen and oxygen atoms in total. The summed E-state index contributed by atoms with van der Waals surface area (Å²) in [4.78, 5) is 15.6. The first-order chi connectivity index (χ1) is 16.0. The van der Waals surface area contributed by atoms with Crippen molar-refractivity contribution in [3.8, 4) is 17.2 Å². The fourth-order valence-corrected chi connectivity index (χ4v) is 5.15. The number of hydrogen-bond acceptors (Lipinski definition) is 4. The van der Waals surface area contributed by atoms with Crippen molar-refractivity contribution >= 4 is 17.5 Å². The van der Waals surface area contributed by atoms with Gasteiger partial charge in [-0.1, -0.05) is 23.7 Å². The van der Waals surface area contributed by atoms with Gasteiger partial charge >= 0.3 is 0 Å². The Bertz CT molecular complexity index is 1210. The van der Waals surface area contributed by atoms with Gasteiger partial charge in [-0.2, -0.15) is 0 Å². The molecule has 33 heavy (non-hydrogen) atoms. The first kappa shape index (κ1) is 21.7. The lowest BCUT2D eigenvalue weighted by Crippen LogP contribution is -2.48. The second-order valence-corrected chi connectivity index (χ2v) is 9.04. The maximum Gasteiger partial charge on any atom is 0.254 e. The van der Waals surface area contributed by atoms with Gasteiger partial charge in [0.25, 0.3) is 5.91 Å². The Kier molecular flexibility index (Phi) is 5.45. The van der Waals surface area contributed by atoms with E-state index >= 15 is 0 Å². The highest BCUT2D eigenvalue weighted by atomic mass is 35.5. The monoisotopic (exact) mass is 463 g/mol. The quantitative estimate of drug-likeness (QED) is 0.507. The van der Waals surface area contributed by atoms with Crippen LogP contribution >= 0.6 is 11.6 Å². The van der Waals surface area contributed by atoms with E-state index < -0.39 is 5.54 Å². The van der Waals surface area contributed by atoms with Crippen molar-refractivity contribution in [2.45, 2.75) is 31.4 Å². The summed E-state index contributed by atoms with van der Waals surface area (Å²) in [7, 11) is 3.32. The van der Waals surface area contributed by atoms with E-state index in [0.29, 0.717) is 23.6 Å². The Balaban J connectivity index is 1.55. The molecule has 0 N–H and O–H groups in total. The van der Waals surface area contributed by atoms with Gasteiger partial charge in [0.2, 0.25) is 0 Å². The number of benzene rings is 3. The molecule has 1 fully saturated rings. The van der Waals surface area contributed by atoms with Crippen molar-refractivity contribution in [1.29, 1.82) is 0 Å². The van der Waals surface area contributed by atoms with Crippen molar-refractivity contribution in [2.75, 3.05) is 20.8 Å². The first-order valence-corrected chi connectivity index (χ1v) is 11.4. The minimum absolute atomic E-state index is 0.0384. The summed E-state index contributed by atoms with van der Waals surface area (Å²) in [5.74, 6) is 2.30. The second-order valence-electron chi connectivity index (χ2n) is 8.61. The molecule has 1 aliphatic carbocycles. The van der Waals surface area contributed by atoms with Crippen LogP contribution in [0.5, 0.6) is 17.2 Å². The van der Waals surface area contributed by atoms with Crippen LogP contribution in [-0.4, -0.2) is 37.7 Å². The number of amides is 1. The molecule has 3 aromatic rings. The minimum atomic E-state index is -0.548. The molecule has 1 aliphatic heterocycles. The maximum absolute atomic E-state index is 13.7. The topological polar surface area (TPSA) is 48.0 Å². The molecule has 3 aromatic carbocycles. The lowest BCUT2D eigenvalue weighted by Gasteiger charge is -2.39. The van der Waals surface area contributed by atoms with Crippen molar-refractivity contribution in [3.63, 3.8) is 0 Å². The van der Waals surface area contributed by atoms with E-state index in [4.69, 9.17) is 25.8 Å². The maximum atomic E-state index is 13.7. The van der Waals surface area contributed by atoms with Crippen LogP contribution in [0, 0.1) is 6.92 Å². The Labute approximate surface area is 198 Å². The van der Waals surface area contributed by atoms with Gasteiger partial charge in [0.1, 0.15) is 28.9 Å². The number of halogens is 1. The van der Waals surface area contributed by atoms with E-state index in [1.807, 2.05) is 48.2 Å². The number of aryl methyl sites for hydroxylation is 1. The SMILES string of the molecule is COc1ccc(OC2CC23c2cc(OC)c(C)cc2CCN3C(=O)c2cccc(Cl)c2)cc1. The Morgan fingerprint density at radius 3 is 2.48 bits per heavy atom. The highest BCUT2D eigenvalue weighted by Gasteiger charge is 2.65. The lowest BCUT2D eigenvalue weighted by atomic mass is 9.88. The average molecular weight is 464 g/mol. The fourth-order valence-electron chi connectivity index (χ4n) is 4.96. The molecule has 0 saturated heterocycles. The molecule has 0 aromatic heterocycles. The van der Waals surface area contributed by atoms with Crippen molar-refractivity contribution < 1.29 is 19.0 Å². The van der Waals surface area contributed by atoms with Gasteiger partial charge in [-0.15, -0.1) is 0 Å². The van der Waals surface area contributed by atoms with Gasteiger partial charge in [0.15, 0.2) is 0 Å². The summed E-state index contributed by atoms with van der Waals surface area (Å²) in [6.45, 7) is 2.67. The fraction of sp³-hybridized carbons (Fsp3) is 0.296. The number of carbonyl (C=O) groups excluding carboxylic acids is 1. The predicted octanol–water partition coefficient (Wildman–Crippen LogP) is 5.41. The van der Waals surface area contributed by atoms with Crippen LogP contribution in [0.4, 0.5) is 0 Å². The Morgan fingerprint density at radius 2 is 1.79 bits per heavy atom. The summed E-state index contributed by atoms with van der Waals surface area (Å²) in [6, 6.07) is 18.9. The first-order valence-electron chi connectivity index (χ1n) is 11.0. The zero-order chi connectivity index (χ0) is 23.2. The van der Waals surface area contributed by atoms with Crippen LogP contribution in [0.1, 0.15) is 33.5 Å². The third-order valence-corrected chi connectivity index (χ3v) is 6.93. The van der Waals surface area contributed by atoms with Crippen LogP contribution in [-0.2, 0) is 12.0 Å². The Hall–Kier alpha value is -3.18. The van der Waals surface area contributed by atoms with Crippen LogP contribution in [0.15, 0.2) is 60.7 Å². The molecule has 0 bridgehead atoms. The highest BCUT2D eigenvalue weighted by molar-refractivity contribution is 6.31. The number of carbonyl (C=O) groups is 1. The molecule has 5 rings (SSSR count). The molecule has 2 unspecified atom stereocenters. The summed E-state index contributed by atoms with van der Waals surface area (Å²) in [6.07, 6.45) is 1.33.